The molecule has 0 unspecified atom stereocenters. The number of hydrogen-bond acceptors (Lipinski definition) is 6. The molecule has 176 valence electrons. The second-order valence-corrected chi connectivity index (χ2v) is 8.25. The lowest BCUT2D eigenvalue weighted by Gasteiger charge is -2.34. The SMILES string of the molecule is COc1ccc(OCCCCOc2cc(C3(C#N)CCC(C(=O)O)CC3)ccc2OC)cc1. The van der Waals surface area contributed by atoms with E-state index in [1.54, 1.807) is 14.2 Å². The van der Waals surface area contributed by atoms with Crippen LogP contribution in [0.4, 0.5) is 0 Å². The summed E-state index contributed by atoms with van der Waals surface area (Å²) < 4.78 is 22.3. The van der Waals surface area contributed by atoms with E-state index in [4.69, 9.17) is 18.9 Å². The monoisotopic (exact) mass is 453 g/mol. The van der Waals surface area contributed by atoms with Crippen LogP contribution in [0, 0.1) is 17.2 Å². The molecule has 0 saturated heterocycles. The maximum atomic E-state index is 11.3. The van der Waals surface area contributed by atoms with E-state index in [2.05, 4.69) is 6.07 Å². The number of carboxylic acids is 1. The summed E-state index contributed by atoms with van der Waals surface area (Å²) in [4.78, 5) is 11.3. The van der Waals surface area contributed by atoms with Gasteiger partial charge in [0, 0.05) is 0 Å². The number of carboxylic acid groups (broad SMARTS) is 1. The molecule has 0 atom stereocenters. The van der Waals surface area contributed by atoms with Gasteiger partial charge >= 0.3 is 5.97 Å². The van der Waals surface area contributed by atoms with Gasteiger partial charge in [0.1, 0.15) is 11.5 Å². The van der Waals surface area contributed by atoms with Crippen molar-refractivity contribution >= 4 is 5.97 Å². The Hall–Kier alpha value is -3.40. The molecule has 1 fully saturated rings. The second kappa shape index (κ2) is 11.5. The maximum absolute atomic E-state index is 11.3. The fraction of sp³-hybridized carbons (Fsp3) is 0.462. The normalized spacial score (nSPS) is 19.8. The summed E-state index contributed by atoms with van der Waals surface area (Å²) in [6.07, 6.45) is 3.67. The number of aliphatic carboxylic acids is 1. The number of unbranched alkanes of at least 4 members (excludes halogenated alkanes) is 1. The predicted octanol–water partition coefficient (Wildman–Crippen LogP) is 4.98. The quantitative estimate of drug-likeness (QED) is 0.479. The predicted molar refractivity (Wildman–Crippen MR) is 123 cm³/mol. The van der Waals surface area contributed by atoms with E-state index in [9.17, 15) is 15.2 Å². The van der Waals surface area contributed by atoms with Crippen molar-refractivity contribution in [1.29, 1.82) is 5.26 Å². The lowest BCUT2D eigenvalue weighted by Crippen LogP contribution is -2.32. The zero-order valence-corrected chi connectivity index (χ0v) is 19.2. The van der Waals surface area contributed by atoms with Crippen molar-refractivity contribution in [2.45, 2.75) is 43.9 Å². The van der Waals surface area contributed by atoms with Crippen LogP contribution in [0.5, 0.6) is 23.0 Å². The van der Waals surface area contributed by atoms with Crippen LogP contribution >= 0.6 is 0 Å². The molecule has 1 N–H and O–H groups in total. The highest BCUT2D eigenvalue weighted by Gasteiger charge is 2.39. The molecule has 0 spiro atoms. The van der Waals surface area contributed by atoms with Gasteiger partial charge in [0.2, 0.25) is 0 Å². The average molecular weight is 454 g/mol. The van der Waals surface area contributed by atoms with Crippen molar-refractivity contribution in [3.63, 3.8) is 0 Å². The molecule has 2 aromatic carbocycles. The molecule has 0 aliphatic heterocycles. The Bertz CT molecular complexity index is 958. The fourth-order valence-electron chi connectivity index (χ4n) is 4.16. The van der Waals surface area contributed by atoms with Gasteiger partial charge in [0.15, 0.2) is 11.5 Å². The zero-order valence-electron chi connectivity index (χ0n) is 19.2. The van der Waals surface area contributed by atoms with Gasteiger partial charge in [-0.1, -0.05) is 6.07 Å². The van der Waals surface area contributed by atoms with E-state index in [1.165, 1.54) is 0 Å². The third-order valence-electron chi connectivity index (χ3n) is 6.24. The summed E-state index contributed by atoms with van der Waals surface area (Å²) in [6, 6.07) is 15.5. The Labute approximate surface area is 194 Å². The Kier molecular flexibility index (Phi) is 8.42. The minimum absolute atomic E-state index is 0.374. The van der Waals surface area contributed by atoms with Crippen LogP contribution in [-0.2, 0) is 10.2 Å². The summed E-state index contributed by atoms with van der Waals surface area (Å²) in [5.41, 5.74) is 0.162. The van der Waals surface area contributed by atoms with Crippen LogP contribution in [0.15, 0.2) is 42.5 Å². The summed E-state index contributed by atoms with van der Waals surface area (Å²) in [5, 5.41) is 19.2. The first-order valence-electron chi connectivity index (χ1n) is 11.2. The average Bonchev–Trinajstić information content (AvgIpc) is 2.86. The lowest BCUT2D eigenvalue weighted by atomic mass is 9.67. The zero-order chi connectivity index (χ0) is 23.7. The first-order valence-corrected chi connectivity index (χ1v) is 11.2. The van der Waals surface area contributed by atoms with Crippen molar-refractivity contribution in [1.82, 2.24) is 0 Å². The number of nitriles is 1. The van der Waals surface area contributed by atoms with Crippen LogP contribution < -0.4 is 18.9 Å². The van der Waals surface area contributed by atoms with Crippen LogP contribution in [0.1, 0.15) is 44.1 Å². The van der Waals surface area contributed by atoms with Gasteiger partial charge in [-0.25, -0.2) is 0 Å². The molecule has 0 radical (unpaired) electrons. The Morgan fingerprint density at radius 3 is 2.18 bits per heavy atom. The van der Waals surface area contributed by atoms with Gasteiger partial charge in [0.05, 0.1) is 44.8 Å². The van der Waals surface area contributed by atoms with Gasteiger partial charge in [-0.05, 0) is 80.5 Å². The summed E-state index contributed by atoms with van der Waals surface area (Å²) in [7, 11) is 3.22. The summed E-state index contributed by atoms with van der Waals surface area (Å²) in [6.45, 7) is 1.07. The Morgan fingerprint density at radius 1 is 0.970 bits per heavy atom. The number of hydrogen-bond donors (Lipinski definition) is 1. The molecule has 1 saturated carbocycles. The molecule has 1 aliphatic carbocycles. The van der Waals surface area contributed by atoms with Crippen LogP contribution in [0.3, 0.4) is 0 Å². The first-order chi connectivity index (χ1) is 16.0. The number of ether oxygens (including phenoxy) is 4. The minimum Gasteiger partial charge on any atom is -0.497 e. The molecule has 7 heteroatoms. The van der Waals surface area contributed by atoms with E-state index >= 15 is 0 Å². The standard InChI is InChI=1S/C26H31NO6/c1-30-21-6-8-22(9-7-21)32-15-3-4-16-33-24-17-20(5-10-23(24)31-2)26(18-27)13-11-19(12-14-26)25(28)29/h5-10,17,19H,3-4,11-16H2,1-2H3,(H,28,29). The number of methoxy groups -OCH3 is 2. The van der Waals surface area contributed by atoms with E-state index < -0.39 is 11.4 Å². The van der Waals surface area contributed by atoms with Crippen LogP contribution in [0.25, 0.3) is 0 Å². The van der Waals surface area contributed by atoms with Crippen molar-refractivity contribution in [2.24, 2.45) is 5.92 Å². The highest BCUT2D eigenvalue weighted by Crippen LogP contribution is 2.43. The summed E-state index contributed by atoms with van der Waals surface area (Å²) in [5.74, 6) is 1.64. The number of benzene rings is 2. The van der Waals surface area contributed by atoms with Gasteiger partial charge in [-0.2, -0.15) is 5.26 Å². The Morgan fingerprint density at radius 2 is 1.61 bits per heavy atom. The third-order valence-corrected chi connectivity index (χ3v) is 6.24. The van der Waals surface area contributed by atoms with E-state index in [0.717, 1.165) is 29.9 Å². The molecule has 1 aliphatic rings. The van der Waals surface area contributed by atoms with E-state index in [0.29, 0.717) is 50.4 Å². The van der Waals surface area contributed by atoms with Gasteiger partial charge in [0.25, 0.3) is 0 Å². The number of nitrogens with zero attached hydrogens (tertiary/aromatic N) is 1. The van der Waals surface area contributed by atoms with Crippen molar-refractivity contribution < 1.29 is 28.8 Å². The van der Waals surface area contributed by atoms with Crippen molar-refractivity contribution in [2.75, 3.05) is 27.4 Å². The molecule has 0 bridgehead atoms. The molecule has 0 amide bonds. The molecule has 0 heterocycles. The number of carbonyl (C=O) groups is 1. The van der Waals surface area contributed by atoms with Gasteiger partial charge in [-0.15, -0.1) is 0 Å². The lowest BCUT2D eigenvalue weighted by molar-refractivity contribution is -0.143. The molecular weight excluding hydrogens is 422 g/mol. The molecule has 7 nitrogen and oxygen atoms in total. The molecule has 0 aromatic heterocycles. The second-order valence-electron chi connectivity index (χ2n) is 8.25. The molecular formula is C26H31NO6. The fourth-order valence-corrected chi connectivity index (χ4v) is 4.16. The molecule has 3 rings (SSSR count). The van der Waals surface area contributed by atoms with E-state index in [1.807, 2.05) is 42.5 Å². The highest BCUT2D eigenvalue weighted by molar-refractivity contribution is 5.70. The smallest absolute Gasteiger partial charge is 0.306 e. The molecule has 33 heavy (non-hydrogen) atoms. The minimum atomic E-state index is -0.781. The third kappa shape index (κ3) is 6.10. The van der Waals surface area contributed by atoms with Crippen LogP contribution in [-0.4, -0.2) is 38.5 Å². The topological polar surface area (TPSA) is 98.0 Å². The largest absolute Gasteiger partial charge is 0.497 e. The molecule has 2 aromatic rings. The summed E-state index contributed by atoms with van der Waals surface area (Å²) >= 11 is 0. The van der Waals surface area contributed by atoms with Crippen LogP contribution in [0.2, 0.25) is 0 Å². The van der Waals surface area contributed by atoms with Crippen molar-refractivity contribution in [3.8, 4) is 29.1 Å². The van der Waals surface area contributed by atoms with Crippen molar-refractivity contribution in [3.05, 3.63) is 48.0 Å². The first kappa shape index (κ1) is 24.2. The maximum Gasteiger partial charge on any atom is 0.306 e. The highest BCUT2D eigenvalue weighted by atomic mass is 16.5. The van der Waals surface area contributed by atoms with Gasteiger partial charge < -0.3 is 24.1 Å². The number of rotatable bonds is 11. The van der Waals surface area contributed by atoms with Gasteiger partial charge in [-0.3, -0.25) is 4.79 Å². The Balaban J connectivity index is 1.54. The van der Waals surface area contributed by atoms with E-state index in [-0.39, 0.29) is 5.92 Å².